The predicted octanol–water partition coefficient (Wildman–Crippen LogP) is 4.54. The van der Waals surface area contributed by atoms with Crippen LogP contribution in [-0.2, 0) is 4.79 Å². The Morgan fingerprint density at radius 2 is 2.05 bits per heavy atom. The average Bonchev–Trinajstić information content (AvgIpc) is 3.29. The van der Waals surface area contributed by atoms with E-state index in [1.165, 1.54) is 0 Å². The first kappa shape index (κ1) is 21.4. The molecule has 1 fully saturated rings. The zero-order valence-electron chi connectivity index (χ0n) is 19.7. The molecule has 10 nitrogen and oxygen atoms in total. The highest BCUT2D eigenvalue weighted by Crippen LogP contribution is 2.35. The van der Waals surface area contributed by atoms with Crippen LogP contribution in [0, 0.1) is 18.7 Å². The van der Waals surface area contributed by atoms with Crippen molar-refractivity contribution in [3.8, 4) is 28.5 Å². The molecule has 1 aromatic carbocycles. The number of hydrogen-bond donors (Lipinski definition) is 3. The van der Waals surface area contributed by atoms with Gasteiger partial charge in [0.1, 0.15) is 23.4 Å². The van der Waals surface area contributed by atoms with Gasteiger partial charge in [-0.2, -0.15) is 5.10 Å². The van der Waals surface area contributed by atoms with Crippen molar-refractivity contribution >= 4 is 33.5 Å². The lowest BCUT2D eigenvalue weighted by Gasteiger charge is -2.08. The molecule has 1 amide bonds. The summed E-state index contributed by atoms with van der Waals surface area (Å²) in [5.41, 5.74) is 4.52. The maximum Gasteiger partial charge on any atom is 0.227 e. The van der Waals surface area contributed by atoms with Crippen LogP contribution < -0.4 is 5.32 Å². The van der Waals surface area contributed by atoms with Crippen LogP contribution in [0.1, 0.15) is 18.5 Å². The number of benzene rings is 1. The van der Waals surface area contributed by atoms with Crippen molar-refractivity contribution in [1.29, 1.82) is 0 Å². The van der Waals surface area contributed by atoms with Gasteiger partial charge in [0.2, 0.25) is 5.91 Å². The number of fused-ring (bicyclic) bond motifs is 2. The molecule has 6 aromatic rings. The SMILES string of the molecule is Cc1cn(-c2nccc3[nH]c(-c4n[nH]c5ccc(-c6cncc(NC(=O)C7CC7)c6)c(F)c45)nc23)cn1. The molecule has 5 aromatic heterocycles. The molecular formula is C26H20FN9O. The molecule has 1 aliphatic carbocycles. The van der Waals surface area contributed by atoms with E-state index < -0.39 is 5.82 Å². The summed E-state index contributed by atoms with van der Waals surface area (Å²) in [7, 11) is 0. The van der Waals surface area contributed by atoms with E-state index in [0.29, 0.717) is 50.6 Å². The summed E-state index contributed by atoms with van der Waals surface area (Å²) in [6.45, 7) is 1.90. The topological polar surface area (TPSA) is 130 Å². The first-order valence-corrected chi connectivity index (χ1v) is 11.8. The lowest BCUT2D eigenvalue weighted by atomic mass is 10.0. The summed E-state index contributed by atoms with van der Waals surface area (Å²) >= 11 is 0. The maximum absolute atomic E-state index is 16.0. The van der Waals surface area contributed by atoms with E-state index in [0.717, 1.165) is 24.1 Å². The summed E-state index contributed by atoms with van der Waals surface area (Å²) in [6, 6.07) is 6.97. The Morgan fingerprint density at radius 3 is 2.86 bits per heavy atom. The van der Waals surface area contributed by atoms with E-state index in [-0.39, 0.29) is 11.8 Å². The average molecular weight is 494 g/mol. The molecule has 5 heterocycles. The number of H-pyrrole nitrogens is 2. The first-order valence-electron chi connectivity index (χ1n) is 11.8. The van der Waals surface area contributed by atoms with E-state index in [1.54, 1.807) is 47.7 Å². The van der Waals surface area contributed by atoms with Crippen molar-refractivity contribution in [2.75, 3.05) is 5.32 Å². The fourth-order valence-electron chi connectivity index (χ4n) is 4.47. The highest BCUT2D eigenvalue weighted by molar-refractivity contribution is 5.98. The van der Waals surface area contributed by atoms with Gasteiger partial charge in [0, 0.05) is 35.6 Å². The van der Waals surface area contributed by atoms with Crippen molar-refractivity contribution in [1.82, 2.24) is 39.7 Å². The number of halogens is 1. The Morgan fingerprint density at radius 1 is 1.16 bits per heavy atom. The minimum absolute atomic E-state index is 0.0309. The molecule has 0 bridgehead atoms. The van der Waals surface area contributed by atoms with Crippen molar-refractivity contribution < 1.29 is 9.18 Å². The smallest absolute Gasteiger partial charge is 0.227 e. The third-order valence-corrected chi connectivity index (χ3v) is 6.49. The number of hydrogen-bond acceptors (Lipinski definition) is 6. The fourth-order valence-corrected chi connectivity index (χ4v) is 4.47. The van der Waals surface area contributed by atoms with Gasteiger partial charge in [-0.05, 0) is 44.0 Å². The lowest BCUT2D eigenvalue weighted by molar-refractivity contribution is -0.117. The molecule has 3 N–H and O–H groups in total. The number of carbonyl (C=O) groups excluding carboxylic acids is 1. The number of aromatic nitrogens is 8. The Kier molecular flexibility index (Phi) is 4.65. The Hall–Kier alpha value is -4.93. The van der Waals surface area contributed by atoms with E-state index in [4.69, 9.17) is 4.98 Å². The number of anilines is 1. The minimum Gasteiger partial charge on any atom is -0.336 e. The third kappa shape index (κ3) is 3.63. The van der Waals surface area contributed by atoms with Gasteiger partial charge in [0.25, 0.3) is 0 Å². The Labute approximate surface area is 209 Å². The molecule has 1 aliphatic rings. The van der Waals surface area contributed by atoms with Crippen molar-refractivity contribution in [2.45, 2.75) is 19.8 Å². The zero-order chi connectivity index (χ0) is 25.1. The molecule has 0 saturated heterocycles. The number of nitrogens with one attached hydrogen (secondary N) is 3. The van der Waals surface area contributed by atoms with Gasteiger partial charge < -0.3 is 10.3 Å². The third-order valence-electron chi connectivity index (χ3n) is 6.49. The molecule has 0 unspecified atom stereocenters. The number of aryl methyl sites for hydroxylation is 1. The lowest BCUT2D eigenvalue weighted by Crippen LogP contribution is -2.13. The predicted molar refractivity (Wildman–Crippen MR) is 135 cm³/mol. The standard InChI is InChI=1S/C26H20FN9O/c1-13-11-36(12-30-13)25-22-19(6-7-29-25)32-24(33-22)23-20-18(34-35-23)5-4-17(21(20)27)15-8-16(10-28-9-15)31-26(37)14-2-3-14/h4-12,14H,2-3H2,1H3,(H,31,37)(H,32,33)(H,34,35). The molecule has 1 saturated carbocycles. The Bertz CT molecular complexity index is 1830. The second-order valence-corrected chi connectivity index (χ2v) is 9.19. The van der Waals surface area contributed by atoms with Crippen molar-refractivity contribution in [2.24, 2.45) is 5.92 Å². The molecule has 0 atom stereocenters. The van der Waals surface area contributed by atoms with Gasteiger partial charge in [-0.15, -0.1) is 0 Å². The van der Waals surface area contributed by atoms with Crippen LogP contribution >= 0.6 is 0 Å². The molecule has 0 spiro atoms. The number of nitrogens with zero attached hydrogens (tertiary/aromatic N) is 6. The van der Waals surface area contributed by atoms with Gasteiger partial charge in [0.15, 0.2) is 11.6 Å². The second kappa shape index (κ2) is 8.05. The highest BCUT2D eigenvalue weighted by Gasteiger charge is 2.29. The number of amides is 1. The quantitative estimate of drug-likeness (QED) is 0.323. The highest BCUT2D eigenvalue weighted by atomic mass is 19.1. The minimum atomic E-state index is -0.460. The number of imidazole rings is 2. The molecule has 0 aliphatic heterocycles. The van der Waals surface area contributed by atoms with Gasteiger partial charge in [-0.1, -0.05) is 0 Å². The second-order valence-electron chi connectivity index (χ2n) is 9.19. The monoisotopic (exact) mass is 493 g/mol. The summed E-state index contributed by atoms with van der Waals surface area (Å²) in [6.07, 6.45) is 10.1. The van der Waals surface area contributed by atoms with Crippen LogP contribution in [-0.4, -0.2) is 45.6 Å². The van der Waals surface area contributed by atoms with Crippen molar-refractivity contribution in [3.05, 3.63) is 66.9 Å². The van der Waals surface area contributed by atoms with E-state index in [1.807, 2.05) is 19.2 Å². The first-order chi connectivity index (χ1) is 18.0. The number of rotatable bonds is 5. The van der Waals surface area contributed by atoms with Crippen LogP contribution in [0.25, 0.3) is 50.4 Å². The fraction of sp³-hybridized carbons (Fsp3) is 0.154. The Balaban J connectivity index is 1.32. The molecule has 37 heavy (non-hydrogen) atoms. The molecule has 182 valence electrons. The maximum atomic E-state index is 16.0. The summed E-state index contributed by atoms with van der Waals surface area (Å²) < 4.78 is 17.8. The molecule has 7 rings (SSSR count). The van der Waals surface area contributed by atoms with Gasteiger partial charge in [0.05, 0.1) is 34.0 Å². The van der Waals surface area contributed by atoms with Gasteiger partial charge in [-0.25, -0.2) is 19.3 Å². The molecule has 0 radical (unpaired) electrons. The van der Waals surface area contributed by atoms with Crippen LogP contribution in [0.3, 0.4) is 0 Å². The summed E-state index contributed by atoms with van der Waals surface area (Å²) in [4.78, 5) is 33.1. The normalized spacial score (nSPS) is 13.5. The van der Waals surface area contributed by atoms with E-state index in [2.05, 4.69) is 35.5 Å². The number of aromatic amines is 2. The van der Waals surface area contributed by atoms with Gasteiger partial charge in [-0.3, -0.25) is 19.4 Å². The zero-order valence-corrected chi connectivity index (χ0v) is 19.7. The van der Waals surface area contributed by atoms with Crippen LogP contribution in [0.4, 0.5) is 10.1 Å². The van der Waals surface area contributed by atoms with Crippen LogP contribution in [0.15, 0.2) is 55.4 Å². The molecular weight excluding hydrogens is 473 g/mol. The molecule has 11 heteroatoms. The van der Waals surface area contributed by atoms with Crippen LogP contribution in [0.5, 0.6) is 0 Å². The number of carbonyl (C=O) groups is 1. The number of pyridine rings is 2. The van der Waals surface area contributed by atoms with E-state index in [9.17, 15) is 4.79 Å². The van der Waals surface area contributed by atoms with Gasteiger partial charge >= 0.3 is 0 Å². The summed E-state index contributed by atoms with van der Waals surface area (Å²) in [5.74, 6) is 0.585. The van der Waals surface area contributed by atoms with Crippen molar-refractivity contribution in [3.63, 3.8) is 0 Å². The van der Waals surface area contributed by atoms with Crippen LogP contribution in [0.2, 0.25) is 0 Å². The van der Waals surface area contributed by atoms with E-state index >= 15 is 4.39 Å². The summed E-state index contributed by atoms with van der Waals surface area (Å²) in [5, 5.41) is 10.4. The largest absolute Gasteiger partial charge is 0.336 e.